The minimum absolute atomic E-state index is 0.314. The van der Waals surface area contributed by atoms with E-state index in [1.54, 1.807) is 11.0 Å². The lowest BCUT2D eigenvalue weighted by Gasteiger charge is -2.34. The summed E-state index contributed by atoms with van der Waals surface area (Å²) >= 11 is 10.6. The number of aromatic nitrogens is 3. The predicted octanol–water partition coefficient (Wildman–Crippen LogP) is 4.17. The van der Waals surface area contributed by atoms with Crippen LogP contribution in [0.1, 0.15) is 45.1 Å². The van der Waals surface area contributed by atoms with Crippen molar-refractivity contribution in [3.05, 3.63) is 47.5 Å². The summed E-state index contributed by atoms with van der Waals surface area (Å²) in [7, 11) is 0. The van der Waals surface area contributed by atoms with Crippen LogP contribution in [-0.2, 0) is 13.0 Å². The molecule has 0 aliphatic heterocycles. The summed E-state index contributed by atoms with van der Waals surface area (Å²) in [6, 6.07) is 7.74. The number of hydrogen-bond donors (Lipinski definition) is 2. The Morgan fingerprint density at radius 3 is 2.42 bits per heavy atom. The SMILES string of the molecule is CCC.OC(CCc1ccc(Cl)cc1)(Cn1cncn1)C1(S)CC1. The largest absolute Gasteiger partial charge is 0.386 e. The van der Waals surface area contributed by atoms with E-state index >= 15 is 0 Å². The Bertz CT molecular complexity index is 614. The number of rotatable bonds is 6. The maximum Gasteiger partial charge on any atom is 0.137 e. The molecule has 6 heteroatoms. The van der Waals surface area contributed by atoms with Gasteiger partial charge in [-0.2, -0.15) is 17.7 Å². The maximum atomic E-state index is 11.1. The summed E-state index contributed by atoms with van der Waals surface area (Å²) in [4.78, 5) is 3.94. The second kappa shape index (κ2) is 8.37. The van der Waals surface area contributed by atoms with Gasteiger partial charge in [-0.25, -0.2) is 4.98 Å². The Morgan fingerprint density at radius 1 is 1.29 bits per heavy atom. The van der Waals surface area contributed by atoms with Gasteiger partial charge in [-0.05, 0) is 43.4 Å². The van der Waals surface area contributed by atoms with Gasteiger partial charge in [-0.15, -0.1) is 0 Å². The van der Waals surface area contributed by atoms with Crippen molar-refractivity contribution in [2.75, 3.05) is 0 Å². The first-order valence-corrected chi connectivity index (χ1v) is 9.26. The van der Waals surface area contributed by atoms with Crippen LogP contribution in [0.5, 0.6) is 0 Å². The van der Waals surface area contributed by atoms with Gasteiger partial charge in [-0.1, -0.05) is 44.0 Å². The molecule has 0 radical (unpaired) electrons. The normalized spacial score (nSPS) is 17.5. The van der Waals surface area contributed by atoms with Crippen LogP contribution in [0.2, 0.25) is 5.02 Å². The van der Waals surface area contributed by atoms with Gasteiger partial charge < -0.3 is 5.11 Å². The van der Waals surface area contributed by atoms with Gasteiger partial charge in [0.15, 0.2) is 0 Å². The number of aliphatic hydroxyl groups is 1. The van der Waals surface area contributed by atoms with Crippen LogP contribution in [0.4, 0.5) is 0 Å². The van der Waals surface area contributed by atoms with Crippen molar-refractivity contribution in [1.82, 2.24) is 14.8 Å². The highest BCUT2D eigenvalue weighted by Crippen LogP contribution is 2.52. The molecule has 1 atom stereocenters. The second-order valence-corrected chi connectivity index (χ2v) is 7.78. The van der Waals surface area contributed by atoms with E-state index in [-0.39, 0.29) is 4.75 Å². The Balaban J connectivity index is 0.000000647. The first-order valence-electron chi connectivity index (χ1n) is 8.44. The molecule has 0 spiro atoms. The molecule has 1 aliphatic rings. The fraction of sp³-hybridized carbons (Fsp3) is 0.556. The number of thiol groups is 1. The van der Waals surface area contributed by atoms with Gasteiger partial charge in [0.05, 0.1) is 12.1 Å². The summed E-state index contributed by atoms with van der Waals surface area (Å²) in [6.45, 7) is 4.67. The highest BCUT2D eigenvalue weighted by molar-refractivity contribution is 7.82. The average molecular weight is 368 g/mol. The molecular weight excluding hydrogens is 342 g/mol. The molecule has 0 bridgehead atoms. The standard InChI is InChI=1S/C15H18ClN3OS.C3H8/c16-13-3-1-12(2-4-13)5-6-14(20,15(21)7-8-15)9-19-11-17-10-18-19;1-3-2/h1-4,10-11,20-21H,5-9H2;3H2,1-2H3. The third kappa shape index (κ3) is 4.98. The predicted molar refractivity (Wildman–Crippen MR) is 102 cm³/mol. The molecule has 1 unspecified atom stereocenters. The zero-order valence-corrected chi connectivity index (χ0v) is 16.0. The van der Waals surface area contributed by atoms with Crippen molar-refractivity contribution >= 4 is 24.2 Å². The van der Waals surface area contributed by atoms with Gasteiger partial charge >= 0.3 is 0 Å². The molecule has 0 amide bonds. The van der Waals surface area contributed by atoms with Gasteiger partial charge in [0.25, 0.3) is 0 Å². The Labute approximate surface area is 154 Å². The molecule has 1 aromatic heterocycles. The van der Waals surface area contributed by atoms with Crippen molar-refractivity contribution in [3.63, 3.8) is 0 Å². The molecule has 1 heterocycles. The fourth-order valence-electron chi connectivity index (χ4n) is 2.63. The van der Waals surface area contributed by atoms with Crippen molar-refractivity contribution in [1.29, 1.82) is 0 Å². The minimum atomic E-state index is -0.885. The van der Waals surface area contributed by atoms with E-state index < -0.39 is 5.60 Å². The van der Waals surface area contributed by atoms with Gasteiger partial charge in [0.2, 0.25) is 0 Å². The monoisotopic (exact) mass is 367 g/mol. The molecule has 0 saturated heterocycles. The van der Waals surface area contributed by atoms with Crippen LogP contribution in [0.25, 0.3) is 0 Å². The third-order valence-corrected chi connectivity index (χ3v) is 5.34. The highest BCUT2D eigenvalue weighted by Gasteiger charge is 2.56. The second-order valence-electron chi connectivity index (χ2n) is 6.49. The van der Waals surface area contributed by atoms with Gasteiger partial charge in [0, 0.05) is 9.77 Å². The highest BCUT2D eigenvalue weighted by atomic mass is 35.5. The lowest BCUT2D eigenvalue weighted by molar-refractivity contribution is 0.00234. The number of benzene rings is 1. The first kappa shape index (κ1) is 19.3. The quantitative estimate of drug-likeness (QED) is 0.753. The van der Waals surface area contributed by atoms with Crippen LogP contribution < -0.4 is 0 Å². The van der Waals surface area contributed by atoms with Crippen LogP contribution in [0, 0.1) is 0 Å². The molecule has 3 rings (SSSR count). The molecule has 1 fully saturated rings. The Kier molecular flexibility index (Phi) is 6.72. The van der Waals surface area contributed by atoms with Crippen molar-refractivity contribution in [2.24, 2.45) is 0 Å². The Hall–Kier alpha value is -1.04. The molecule has 4 nitrogen and oxygen atoms in total. The third-order valence-electron chi connectivity index (χ3n) is 4.22. The van der Waals surface area contributed by atoms with Crippen LogP contribution in [0.15, 0.2) is 36.9 Å². The number of nitrogens with zero attached hydrogens (tertiary/aromatic N) is 3. The zero-order chi connectivity index (χ0) is 17.6. The summed E-state index contributed by atoms with van der Waals surface area (Å²) in [5, 5.41) is 15.9. The lowest BCUT2D eigenvalue weighted by Crippen LogP contribution is -2.45. The molecular formula is C18H26ClN3OS. The van der Waals surface area contributed by atoms with E-state index in [9.17, 15) is 5.11 Å². The number of hydrogen-bond acceptors (Lipinski definition) is 4. The smallest absolute Gasteiger partial charge is 0.137 e. The van der Waals surface area contributed by atoms with E-state index in [0.717, 1.165) is 29.8 Å². The summed E-state index contributed by atoms with van der Waals surface area (Å²) in [6.07, 6.45) is 7.65. The summed E-state index contributed by atoms with van der Waals surface area (Å²) in [5.41, 5.74) is 0.276. The lowest BCUT2D eigenvalue weighted by atomic mass is 9.89. The molecule has 1 aliphatic carbocycles. The van der Waals surface area contributed by atoms with Crippen molar-refractivity contribution < 1.29 is 5.11 Å². The molecule has 1 aromatic carbocycles. The summed E-state index contributed by atoms with van der Waals surface area (Å²) < 4.78 is 1.36. The van der Waals surface area contributed by atoms with E-state index in [0.29, 0.717) is 13.0 Å². The van der Waals surface area contributed by atoms with E-state index in [4.69, 9.17) is 11.6 Å². The maximum absolute atomic E-state index is 11.1. The van der Waals surface area contributed by atoms with Crippen molar-refractivity contribution in [3.8, 4) is 0 Å². The first-order chi connectivity index (χ1) is 11.4. The van der Waals surface area contributed by atoms with Crippen LogP contribution in [0.3, 0.4) is 0 Å². The molecule has 2 aromatic rings. The topological polar surface area (TPSA) is 50.9 Å². The Morgan fingerprint density at radius 2 is 1.92 bits per heavy atom. The molecule has 1 N–H and O–H groups in total. The van der Waals surface area contributed by atoms with Crippen molar-refractivity contribution in [2.45, 2.75) is 62.8 Å². The van der Waals surface area contributed by atoms with Gasteiger partial charge in [0.1, 0.15) is 12.7 Å². The summed E-state index contributed by atoms with van der Waals surface area (Å²) in [5.74, 6) is 0. The average Bonchev–Trinajstić information content (AvgIpc) is 3.11. The molecule has 24 heavy (non-hydrogen) atoms. The number of aryl methyl sites for hydroxylation is 1. The zero-order valence-electron chi connectivity index (χ0n) is 14.3. The van der Waals surface area contributed by atoms with Gasteiger partial charge in [-0.3, -0.25) is 4.68 Å². The molecule has 1 saturated carbocycles. The van der Waals surface area contributed by atoms with Crippen LogP contribution >= 0.6 is 24.2 Å². The van der Waals surface area contributed by atoms with E-state index in [1.165, 1.54) is 12.7 Å². The minimum Gasteiger partial charge on any atom is -0.386 e. The number of halogens is 1. The fourth-order valence-corrected chi connectivity index (χ4v) is 3.05. The van der Waals surface area contributed by atoms with E-state index in [2.05, 4.69) is 36.6 Å². The van der Waals surface area contributed by atoms with Crippen LogP contribution in [-0.4, -0.2) is 30.2 Å². The molecule has 132 valence electrons. The van der Waals surface area contributed by atoms with E-state index in [1.807, 2.05) is 24.3 Å².